The van der Waals surface area contributed by atoms with Crippen molar-refractivity contribution in [2.24, 2.45) is 0 Å². The van der Waals surface area contributed by atoms with Gasteiger partial charge < -0.3 is 10.2 Å². The number of aromatic nitrogens is 1. The molecule has 0 saturated carbocycles. The van der Waals surface area contributed by atoms with Crippen LogP contribution in [0.5, 0.6) is 0 Å². The molecule has 82 valence electrons. The number of halogens is 1. The summed E-state index contributed by atoms with van der Waals surface area (Å²) in [4.78, 5) is 17.3. The van der Waals surface area contributed by atoms with Crippen molar-refractivity contribution >= 4 is 27.7 Å². The van der Waals surface area contributed by atoms with Crippen molar-refractivity contribution in [2.45, 2.75) is 6.92 Å². The molecule has 0 aliphatic carbocycles. The molecule has 0 saturated heterocycles. The van der Waals surface area contributed by atoms with E-state index in [0.717, 1.165) is 16.0 Å². The van der Waals surface area contributed by atoms with E-state index in [4.69, 9.17) is 0 Å². The van der Waals surface area contributed by atoms with Gasteiger partial charge in [-0.15, -0.1) is 0 Å². The normalized spacial score (nSPS) is 9.87. The number of likely N-dealkylation sites (N-methyl/N-ethyl adjacent to an activating group) is 2. The largest absolute Gasteiger partial charge is 0.358 e. The van der Waals surface area contributed by atoms with Crippen molar-refractivity contribution in [1.82, 2.24) is 10.3 Å². The summed E-state index contributed by atoms with van der Waals surface area (Å²) in [5.41, 5.74) is 0.913. The van der Waals surface area contributed by atoms with E-state index in [1.165, 1.54) is 0 Å². The minimum absolute atomic E-state index is 0.0279. The Hall–Kier alpha value is -1.10. The third-order valence-electron chi connectivity index (χ3n) is 2.06. The molecule has 0 aromatic carbocycles. The molecule has 0 aliphatic rings. The molecule has 1 amide bonds. The Morgan fingerprint density at radius 3 is 2.80 bits per heavy atom. The molecular formula is C10H14BrN3O. The second kappa shape index (κ2) is 5.11. The van der Waals surface area contributed by atoms with Crippen molar-refractivity contribution in [1.29, 1.82) is 0 Å². The zero-order valence-electron chi connectivity index (χ0n) is 9.04. The van der Waals surface area contributed by atoms with Crippen molar-refractivity contribution in [3.05, 3.63) is 22.3 Å². The summed E-state index contributed by atoms with van der Waals surface area (Å²) < 4.78 is 0.972. The maximum Gasteiger partial charge on any atom is 0.239 e. The Morgan fingerprint density at radius 1 is 1.60 bits per heavy atom. The molecule has 5 heteroatoms. The number of hydrogen-bond donors (Lipinski definition) is 1. The van der Waals surface area contributed by atoms with Crippen molar-refractivity contribution in [3.63, 3.8) is 0 Å². The number of nitrogens with one attached hydrogen (secondary N) is 1. The summed E-state index contributed by atoms with van der Waals surface area (Å²) in [6, 6.07) is 3.80. The van der Waals surface area contributed by atoms with Crippen LogP contribution in [0.2, 0.25) is 0 Å². The molecule has 0 aliphatic heterocycles. The van der Waals surface area contributed by atoms with Crippen LogP contribution in [-0.2, 0) is 4.79 Å². The van der Waals surface area contributed by atoms with E-state index in [2.05, 4.69) is 26.2 Å². The highest BCUT2D eigenvalue weighted by Crippen LogP contribution is 2.17. The van der Waals surface area contributed by atoms with Gasteiger partial charge in [0.15, 0.2) is 0 Å². The van der Waals surface area contributed by atoms with Crippen molar-refractivity contribution in [2.75, 3.05) is 25.5 Å². The van der Waals surface area contributed by atoms with Crippen LogP contribution in [0.25, 0.3) is 0 Å². The fourth-order valence-corrected chi connectivity index (χ4v) is 1.34. The summed E-state index contributed by atoms with van der Waals surface area (Å²) in [6.07, 6.45) is 0. The topological polar surface area (TPSA) is 45.2 Å². The van der Waals surface area contributed by atoms with E-state index in [9.17, 15) is 4.79 Å². The molecule has 1 N–H and O–H groups in total. The van der Waals surface area contributed by atoms with Crippen molar-refractivity contribution in [3.8, 4) is 0 Å². The average Bonchev–Trinajstić information content (AvgIpc) is 2.21. The molecule has 15 heavy (non-hydrogen) atoms. The first-order chi connectivity index (χ1) is 7.04. The molecule has 1 rings (SSSR count). The zero-order valence-corrected chi connectivity index (χ0v) is 10.6. The summed E-state index contributed by atoms with van der Waals surface area (Å²) in [5.74, 6) is 0.763. The van der Waals surface area contributed by atoms with E-state index >= 15 is 0 Å². The molecule has 0 spiro atoms. The minimum atomic E-state index is -0.0279. The number of pyridine rings is 1. The predicted octanol–water partition coefficient (Wildman–Crippen LogP) is 1.33. The first kappa shape index (κ1) is 12.0. The lowest BCUT2D eigenvalue weighted by atomic mass is 10.3. The lowest BCUT2D eigenvalue weighted by Crippen LogP contribution is -2.33. The molecule has 0 unspecified atom stereocenters. The predicted molar refractivity (Wildman–Crippen MR) is 64.0 cm³/mol. The summed E-state index contributed by atoms with van der Waals surface area (Å²) in [5, 5.41) is 2.57. The van der Waals surface area contributed by atoms with Gasteiger partial charge in [0.2, 0.25) is 5.91 Å². The van der Waals surface area contributed by atoms with Gasteiger partial charge >= 0.3 is 0 Å². The van der Waals surface area contributed by atoms with Crippen LogP contribution >= 0.6 is 15.9 Å². The van der Waals surface area contributed by atoms with Crippen LogP contribution in [0.15, 0.2) is 16.6 Å². The number of hydrogen-bond acceptors (Lipinski definition) is 3. The van der Waals surface area contributed by atoms with Gasteiger partial charge in [0, 0.05) is 18.6 Å². The first-order valence-electron chi connectivity index (χ1n) is 4.59. The average molecular weight is 272 g/mol. The van der Waals surface area contributed by atoms with E-state index in [-0.39, 0.29) is 5.91 Å². The number of amides is 1. The third-order valence-corrected chi connectivity index (χ3v) is 2.90. The summed E-state index contributed by atoms with van der Waals surface area (Å²) >= 11 is 3.38. The lowest BCUT2D eigenvalue weighted by molar-refractivity contribution is -0.119. The van der Waals surface area contributed by atoms with Gasteiger partial charge in [-0.05, 0) is 35.0 Å². The molecule has 4 nitrogen and oxygen atoms in total. The number of rotatable bonds is 3. The highest BCUT2D eigenvalue weighted by atomic mass is 79.9. The van der Waals surface area contributed by atoms with E-state index in [0.29, 0.717) is 6.54 Å². The number of carbonyl (C=O) groups is 1. The first-order valence-corrected chi connectivity index (χ1v) is 5.38. The summed E-state index contributed by atoms with van der Waals surface area (Å²) in [7, 11) is 3.46. The van der Waals surface area contributed by atoms with Gasteiger partial charge in [-0.25, -0.2) is 4.98 Å². The quantitative estimate of drug-likeness (QED) is 0.903. The van der Waals surface area contributed by atoms with Crippen molar-refractivity contribution < 1.29 is 4.79 Å². The summed E-state index contributed by atoms with van der Waals surface area (Å²) in [6.45, 7) is 2.23. The van der Waals surface area contributed by atoms with Crippen LogP contribution in [0.4, 0.5) is 5.82 Å². The fourth-order valence-electron chi connectivity index (χ4n) is 1.12. The van der Waals surface area contributed by atoms with E-state index < -0.39 is 0 Å². The molecule has 0 radical (unpaired) electrons. The van der Waals surface area contributed by atoms with Gasteiger partial charge in [0.1, 0.15) is 5.82 Å². The number of aryl methyl sites for hydroxylation is 1. The third kappa shape index (κ3) is 3.20. The Morgan fingerprint density at radius 2 is 2.27 bits per heavy atom. The number of carbonyl (C=O) groups excluding carboxylic acids is 1. The second-order valence-electron chi connectivity index (χ2n) is 3.27. The molecule has 0 bridgehead atoms. The van der Waals surface area contributed by atoms with Crippen LogP contribution in [0, 0.1) is 6.92 Å². The van der Waals surface area contributed by atoms with E-state index in [1.807, 2.05) is 26.1 Å². The molecule has 1 aromatic heterocycles. The van der Waals surface area contributed by atoms with Crippen LogP contribution < -0.4 is 10.2 Å². The van der Waals surface area contributed by atoms with Gasteiger partial charge in [0.25, 0.3) is 0 Å². The van der Waals surface area contributed by atoms with Gasteiger partial charge in [-0.1, -0.05) is 0 Å². The maximum absolute atomic E-state index is 11.2. The number of nitrogens with zero attached hydrogens (tertiary/aromatic N) is 2. The van der Waals surface area contributed by atoms with Crippen LogP contribution in [0.3, 0.4) is 0 Å². The Balaban J connectivity index is 2.78. The highest BCUT2D eigenvalue weighted by molar-refractivity contribution is 9.10. The highest BCUT2D eigenvalue weighted by Gasteiger charge is 2.07. The Labute approximate surface area is 97.8 Å². The lowest BCUT2D eigenvalue weighted by Gasteiger charge is -2.17. The monoisotopic (exact) mass is 271 g/mol. The van der Waals surface area contributed by atoms with Gasteiger partial charge in [-0.3, -0.25) is 4.79 Å². The van der Waals surface area contributed by atoms with Gasteiger partial charge in [-0.2, -0.15) is 0 Å². The van der Waals surface area contributed by atoms with Crippen LogP contribution in [-0.4, -0.2) is 31.5 Å². The van der Waals surface area contributed by atoms with E-state index in [1.54, 1.807) is 11.9 Å². The molecular weight excluding hydrogens is 258 g/mol. The fraction of sp³-hybridized carbons (Fsp3) is 0.400. The Bertz CT molecular complexity index is 368. The standard InChI is InChI=1S/C10H14BrN3O/c1-7-8(11)4-5-9(13-7)14(3)6-10(15)12-2/h4-5H,6H2,1-3H3,(H,12,15). The molecule has 0 atom stereocenters. The smallest absolute Gasteiger partial charge is 0.239 e. The zero-order chi connectivity index (χ0) is 11.4. The molecule has 1 aromatic rings. The molecule has 0 fully saturated rings. The van der Waals surface area contributed by atoms with Gasteiger partial charge in [0.05, 0.1) is 12.2 Å². The number of anilines is 1. The SMILES string of the molecule is CNC(=O)CN(C)c1ccc(Br)c(C)n1. The maximum atomic E-state index is 11.2. The minimum Gasteiger partial charge on any atom is -0.358 e. The Kier molecular flexibility index (Phi) is 4.08. The molecule has 1 heterocycles. The second-order valence-corrected chi connectivity index (χ2v) is 4.12. The van der Waals surface area contributed by atoms with Crippen LogP contribution in [0.1, 0.15) is 5.69 Å².